The van der Waals surface area contributed by atoms with Crippen LogP contribution in [0.2, 0.25) is 0 Å². The van der Waals surface area contributed by atoms with Gasteiger partial charge in [-0.25, -0.2) is 4.98 Å². The molecule has 122 valence electrons. The van der Waals surface area contributed by atoms with Gasteiger partial charge in [0.2, 0.25) is 5.91 Å². The van der Waals surface area contributed by atoms with Crippen molar-refractivity contribution < 1.29 is 4.79 Å². The molecular formula is C18H24N4O. The van der Waals surface area contributed by atoms with Gasteiger partial charge in [0.05, 0.1) is 17.2 Å². The van der Waals surface area contributed by atoms with Gasteiger partial charge in [0, 0.05) is 38.2 Å². The van der Waals surface area contributed by atoms with Crippen LogP contribution in [0, 0.1) is 5.92 Å². The fourth-order valence-corrected chi connectivity index (χ4v) is 4.20. The Hall–Kier alpha value is -1.91. The van der Waals surface area contributed by atoms with Crippen LogP contribution in [0.15, 0.2) is 18.5 Å². The van der Waals surface area contributed by atoms with Crippen molar-refractivity contribution in [2.24, 2.45) is 13.0 Å². The van der Waals surface area contributed by atoms with Gasteiger partial charge in [-0.1, -0.05) is 19.3 Å². The summed E-state index contributed by atoms with van der Waals surface area (Å²) in [7, 11) is 2.05. The Kier molecular flexibility index (Phi) is 3.79. The van der Waals surface area contributed by atoms with Crippen molar-refractivity contribution in [2.45, 2.75) is 44.4 Å². The number of hydrogen-bond acceptors (Lipinski definition) is 3. The van der Waals surface area contributed by atoms with Crippen LogP contribution in [0.5, 0.6) is 0 Å². The van der Waals surface area contributed by atoms with Gasteiger partial charge in [-0.2, -0.15) is 0 Å². The van der Waals surface area contributed by atoms with Crippen LogP contribution in [0.4, 0.5) is 0 Å². The Bertz CT molecular complexity index is 717. The summed E-state index contributed by atoms with van der Waals surface area (Å²) < 4.78 is 2.14. The second-order valence-corrected chi connectivity index (χ2v) is 7.00. The van der Waals surface area contributed by atoms with E-state index in [4.69, 9.17) is 4.98 Å². The highest BCUT2D eigenvalue weighted by Crippen LogP contribution is 2.32. The first kappa shape index (κ1) is 14.7. The smallest absolute Gasteiger partial charge is 0.225 e. The first-order valence-corrected chi connectivity index (χ1v) is 8.79. The molecule has 0 radical (unpaired) electrons. The van der Waals surface area contributed by atoms with Crippen molar-refractivity contribution in [2.75, 3.05) is 13.1 Å². The van der Waals surface area contributed by atoms with Crippen LogP contribution in [0.25, 0.3) is 11.0 Å². The highest BCUT2D eigenvalue weighted by Gasteiger charge is 2.33. The number of likely N-dealkylation sites (tertiary alicyclic amines) is 1. The highest BCUT2D eigenvalue weighted by atomic mass is 16.2. The van der Waals surface area contributed by atoms with Gasteiger partial charge in [-0.3, -0.25) is 9.78 Å². The molecule has 5 nitrogen and oxygen atoms in total. The molecule has 0 unspecified atom stereocenters. The Morgan fingerprint density at radius 2 is 2.04 bits per heavy atom. The molecule has 1 amide bonds. The maximum Gasteiger partial charge on any atom is 0.225 e. The van der Waals surface area contributed by atoms with E-state index in [9.17, 15) is 4.79 Å². The molecular weight excluding hydrogens is 288 g/mol. The molecule has 3 heterocycles. The quantitative estimate of drug-likeness (QED) is 0.857. The van der Waals surface area contributed by atoms with E-state index in [1.807, 2.05) is 12.3 Å². The third-order valence-corrected chi connectivity index (χ3v) is 5.54. The number of rotatable bonds is 2. The number of fused-ring (bicyclic) bond motifs is 1. The molecule has 0 spiro atoms. The van der Waals surface area contributed by atoms with E-state index in [1.54, 1.807) is 6.20 Å². The summed E-state index contributed by atoms with van der Waals surface area (Å²) in [5, 5.41) is 0. The molecule has 0 bridgehead atoms. The van der Waals surface area contributed by atoms with Crippen LogP contribution in [-0.4, -0.2) is 38.4 Å². The number of hydrogen-bond donors (Lipinski definition) is 0. The van der Waals surface area contributed by atoms with E-state index in [-0.39, 0.29) is 5.92 Å². The third kappa shape index (κ3) is 2.62. The van der Waals surface area contributed by atoms with E-state index >= 15 is 0 Å². The lowest BCUT2D eigenvalue weighted by Crippen LogP contribution is -2.35. The lowest BCUT2D eigenvalue weighted by molar-refractivity contribution is -0.135. The van der Waals surface area contributed by atoms with E-state index in [0.29, 0.717) is 11.8 Å². The fourth-order valence-electron chi connectivity index (χ4n) is 4.20. The SMILES string of the molecule is Cn1c([C@@H]2CCN(C(=O)C3CCCCC3)C2)nc2ccncc21. The summed E-state index contributed by atoms with van der Waals surface area (Å²) in [5.41, 5.74) is 2.06. The average molecular weight is 312 g/mol. The van der Waals surface area contributed by atoms with Crippen LogP contribution in [0.3, 0.4) is 0 Å². The predicted molar refractivity (Wildman–Crippen MR) is 89.0 cm³/mol. The zero-order valence-corrected chi connectivity index (χ0v) is 13.7. The maximum atomic E-state index is 12.7. The number of pyridine rings is 1. The minimum absolute atomic E-state index is 0.271. The Morgan fingerprint density at radius 1 is 1.22 bits per heavy atom. The normalized spacial score (nSPS) is 22.8. The van der Waals surface area contributed by atoms with Gasteiger partial charge in [0.25, 0.3) is 0 Å². The summed E-state index contributed by atoms with van der Waals surface area (Å²) >= 11 is 0. The topological polar surface area (TPSA) is 51.0 Å². The van der Waals surface area contributed by atoms with Gasteiger partial charge in [0.1, 0.15) is 5.82 Å². The van der Waals surface area contributed by atoms with Gasteiger partial charge in [0.15, 0.2) is 0 Å². The molecule has 5 heteroatoms. The minimum Gasteiger partial charge on any atom is -0.342 e. The standard InChI is InChI=1S/C18H24N4O/c1-21-16-11-19-9-7-15(16)20-17(21)14-8-10-22(12-14)18(23)13-5-3-2-4-6-13/h7,9,11,13-14H,2-6,8,10,12H2,1H3/t14-/m1/s1. The second-order valence-electron chi connectivity index (χ2n) is 7.00. The molecule has 4 rings (SSSR count). The Labute approximate surface area is 136 Å². The van der Waals surface area contributed by atoms with Crippen molar-refractivity contribution in [3.8, 4) is 0 Å². The molecule has 1 saturated carbocycles. The largest absolute Gasteiger partial charge is 0.342 e. The first-order valence-electron chi connectivity index (χ1n) is 8.79. The molecule has 2 aliphatic rings. The summed E-state index contributed by atoms with van der Waals surface area (Å²) in [6.45, 7) is 1.70. The molecule has 2 fully saturated rings. The number of imidazole rings is 1. The van der Waals surface area contributed by atoms with E-state index < -0.39 is 0 Å². The van der Waals surface area contributed by atoms with Crippen LogP contribution in [-0.2, 0) is 11.8 Å². The van der Waals surface area contributed by atoms with Gasteiger partial charge < -0.3 is 9.47 Å². The van der Waals surface area contributed by atoms with Crippen molar-refractivity contribution in [3.05, 3.63) is 24.3 Å². The molecule has 23 heavy (non-hydrogen) atoms. The molecule has 0 aromatic carbocycles. The lowest BCUT2D eigenvalue weighted by Gasteiger charge is -2.26. The second kappa shape index (κ2) is 5.95. The number of carbonyl (C=O) groups is 1. The Balaban J connectivity index is 1.51. The molecule has 1 saturated heterocycles. The maximum absolute atomic E-state index is 12.7. The summed E-state index contributed by atoms with van der Waals surface area (Å²) in [6, 6.07) is 1.96. The summed E-state index contributed by atoms with van der Waals surface area (Å²) in [4.78, 5) is 23.8. The van der Waals surface area contributed by atoms with Crippen LogP contribution in [0.1, 0.15) is 50.3 Å². The van der Waals surface area contributed by atoms with E-state index in [0.717, 1.165) is 49.2 Å². The third-order valence-electron chi connectivity index (χ3n) is 5.54. The van der Waals surface area contributed by atoms with Gasteiger partial charge in [-0.05, 0) is 25.3 Å². The molecule has 2 aromatic heterocycles. The van der Waals surface area contributed by atoms with E-state index in [1.165, 1.54) is 19.3 Å². The molecule has 1 aliphatic carbocycles. The van der Waals surface area contributed by atoms with Crippen LogP contribution < -0.4 is 0 Å². The monoisotopic (exact) mass is 312 g/mol. The number of aryl methyl sites for hydroxylation is 1. The minimum atomic E-state index is 0.271. The fraction of sp³-hybridized carbons (Fsp3) is 0.611. The van der Waals surface area contributed by atoms with Gasteiger partial charge >= 0.3 is 0 Å². The van der Waals surface area contributed by atoms with Crippen molar-refractivity contribution in [1.29, 1.82) is 0 Å². The van der Waals surface area contributed by atoms with Crippen LogP contribution >= 0.6 is 0 Å². The van der Waals surface area contributed by atoms with Crippen molar-refractivity contribution in [3.63, 3.8) is 0 Å². The predicted octanol–water partition coefficient (Wildman–Crippen LogP) is 2.86. The summed E-state index contributed by atoms with van der Waals surface area (Å²) in [6.07, 6.45) is 10.6. The highest BCUT2D eigenvalue weighted by molar-refractivity contribution is 5.79. The number of nitrogens with zero attached hydrogens (tertiary/aromatic N) is 4. The molecule has 0 N–H and O–H groups in total. The average Bonchev–Trinajstić information content (AvgIpc) is 3.20. The number of aromatic nitrogens is 3. The van der Waals surface area contributed by atoms with Crippen molar-refractivity contribution in [1.82, 2.24) is 19.4 Å². The summed E-state index contributed by atoms with van der Waals surface area (Å²) in [5.74, 6) is 2.09. The molecule has 1 aliphatic heterocycles. The van der Waals surface area contributed by atoms with Crippen molar-refractivity contribution >= 4 is 16.9 Å². The zero-order valence-electron chi connectivity index (χ0n) is 13.7. The molecule has 1 atom stereocenters. The van der Waals surface area contributed by atoms with E-state index in [2.05, 4.69) is 21.5 Å². The zero-order chi connectivity index (χ0) is 15.8. The first-order chi connectivity index (χ1) is 11.2. The Morgan fingerprint density at radius 3 is 2.83 bits per heavy atom. The number of carbonyl (C=O) groups excluding carboxylic acids is 1. The number of amides is 1. The molecule has 2 aromatic rings. The van der Waals surface area contributed by atoms with Gasteiger partial charge in [-0.15, -0.1) is 0 Å². The lowest BCUT2D eigenvalue weighted by atomic mass is 9.88.